The Kier molecular flexibility index (Phi) is 3.31. The van der Waals surface area contributed by atoms with Gasteiger partial charge in [0.25, 0.3) is 0 Å². The van der Waals surface area contributed by atoms with Gasteiger partial charge in [-0.25, -0.2) is 4.39 Å². The van der Waals surface area contributed by atoms with Gasteiger partial charge in [-0.15, -0.1) is 0 Å². The van der Waals surface area contributed by atoms with Gasteiger partial charge in [-0.1, -0.05) is 6.92 Å². The van der Waals surface area contributed by atoms with Crippen molar-refractivity contribution >= 4 is 5.69 Å². The highest BCUT2D eigenvalue weighted by molar-refractivity contribution is 5.50. The van der Waals surface area contributed by atoms with E-state index in [2.05, 4.69) is 5.32 Å². The molecule has 0 spiro atoms. The molecule has 0 saturated heterocycles. The Bertz CT molecular complexity index is 391. The zero-order valence-electron chi connectivity index (χ0n) is 9.26. The lowest BCUT2D eigenvalue weighted by molar-refractivity contribution is 0.537. The van der Waals surface area contributed by atoms with E-state index in [1.165, 1.54) is 6.07 Å². The van der Waals surface area contributed by atoms with Gasteiger partial charge in [0.15, 0.2) is 0 Å². The van der Waals surface area contributed by atoms with Crippen LogP contribution in [0.2, 0.25) is 0 Å². The van der Waals surface area contributed by atoms with Crippen LogP contribution in [0, 0.1) is 17.1 Å². The van der Waals surface area contributed by atoms with E-state index in [9.17, 15) is 4.39 Å². The minimum absolute atomic E-state index is 0.144. The summed E-state index contributed by atoms with van der Waals surface area (Å²) < 4.78 is 13.5. The number of anilines is 1. The Hall–Kier alpha value is -1.56. The molecule has 0 heterocycles. The van der Waals surface area contributed by atoms with Crippen molar-refractivity contribution in [3.05, 3.63) is 29.6 Å². The third kappa shape index (κ3) is 2.95. The monoisotopic (exact) mass is 206 g/mol. The molecule has 15 heavy (non-hydrogen) atoms. The maximum atomic E-state index is 13.5. The first-order valence-electron chi connectivity index (χ1n) is 4.96. The first kappa shape index (κ1) is 11.5. The molecule has 0 aliphatic carbocycles. The van der Waals surface area contributed by atoms with Gasteiger partial charge in [0.1, 0.15) is 5.82 Å². The van der Waals surface area contributed by atoms with Crippen molar-refractivity contribution in [2.45, 2.75) is 32.7 Å². The molecule has 0 bridgehead atoms. The first-order valence-corrected chi connectivity index (χ1v) is 4.96. The van der Waals surface area contributed by atoms with Gasteiger partial charge in [-0.3, -0.25) is 0 Å². The smallest absolute Gasteiger partial charge is 0.147 e. The number of nitrogens with zero attached hydrogens (tertiary/aromatic N) is 1. The van der Waals surface area contributed by atoms with Crippen LogP contribution in [0.1, 0.15) is 32.8 Å². The van der Waals surface area contributed by atoms with E-state index in [1.54, 1.807) is 12.1 Å². The molecule has 0 amide bonds. The molecule has 2 nitrogen and oxygen atoms in total. The van der Waals surface area contributed by atoms with E-state index in [0.29, 0.717) is 11.3 Å². The fourth-order valence-corrected chi connectivity index (χ4v) is 1.14. The average molecular weight is 206 g/mol. The molecule has 1 aromatic rings. The van der Waals surface area contributed by atoms with Crippen molar-refractivity contribution in [2.75, 3.05) is 5.32 Å². The number of benzene rings is 1. The van der Waals surface area contributed by atoms with E-state index in [0.717, 1.165) is 6.42 Å². The van der Waals surface area contributed by atoms with Crippen LogP contribution >= 0.6 is 0 Å². The molecule has 0 fully saturated rings. The highest BCUT2D eigenvalue weighted by Gasteiger charge is 2.16. The number of hydrogen-bond donors (Lipinski definition) is 1. The predicted molar refractivity (Wildman–Crippen MR) is 59.1 cm³/mol. The van der Waals surface area contributed by atoms with Gasteiger partial charge in [0.2, 0.25) is 0 Å². The van der Waals surface area contributed by atoms with E-state index >= 15 is 0 Å². The van der Waals surface area contributed by atoms with Crippen molar-refractivity contribution in [3.63, 3.8) is 0 Å². The van der Waals surface area contributed by atoms with Crippen LogP contribution in [-0.2, 0) is 0 Å². The lowest BCUT2D eigenvalue weighted by Crippen LogP contribution is -2.30. The molecular weight excluding hydrogens is 191 g/mol. The van der Waals surface area contributed by atoms with E-state index in [1.807, 2.05) is 26.8 Å². The highest BCUT2D eigenvalue weighted by Crippen LogP contribution is 2.21. The fraction of sp³-hybridized carbons (Fsp3) is 0.417. The summed E-state index contributed by atoms with van der Waals surface area (Å²) >= 11 is 0. The molecular formula is C12H15FN2. The van der Waals surface area contributed by atoms with Crippen molar-refractivity contribution in [2.24, 2.45) is 0 Å². The normalized spacial score (nSPS) is 10.9. The zero-order chi connectivity index (χ0) is 11.5. The molecule has 3 heteroatoms. The van der Waals surface area contributed by atoms with Gasteiger partial charge < -0.3 is 5.32 Å². The number of halogens is 1. The second-order valence-electron chi connectivity index (χ2n) is 4.17. The second kappa shape index (κ2) is 4.31. The fourth-order valence-electron chi connectivity index (χ4n) is 1.14. The van der Waals surface area contributed by atoms with Crippen LogP contribution in [-0.4, -0.2) is 5.54 Å². The molecule has 0 radical (unpaired) electrons. The molecule has 80 valence electrons. The zero-order valence-corrected chi connectivity index (χ0v) is 9.26. The maximum absolute atomic E-state index is 13.5. The average Bonchev–Trinajstić information content (AvgIpc) is 2.21. The van der Waals surface area contributed by atoms with Crippen molar-refractivity contribution in [1.29, 1.82) is 5.26 Å². The number of nitriles is 1. The lowest BCUT2D eigenvalue weighted by atomic mass is 10.0. The molecule has 0 saturated carbocycles. The summed E-state index contributed by atoms with van der Waals surface area (Å²) in [5.74, 6) is -0.379. The summed E-state index contributed by atoms with van der Waals surface area (Å²) in [5.41, 5.74) is 0.642. The molecule has 0 aromatic heterocycles. The molecule has 1 N–H and O–H groups in total. The van der Waals surface area contributed by atoms with Crippen molar-refractivity contribution < 1.29 is 4.39 Å². The van der Waals surface area contributed by atoms with Crippen LogP contribution in [0.4, 0.5) is 10.1 Å². The summed E-state index contributed by atoms with van der Waals surface area (Å²) in [6.45, 7) is 6.05. The van der Waals surface area contributed by atoms with E-state index < -0.39 is 0 Å². The van der Waals surface area contributed by atoms with E-state index in [4.69, 9.17) is 5.26 Å². The lowest BCUT2D eigenvalue weighted by Gasteiger charge is -2.26. The number of rotatable bonds is 3. The van der Waals surface area contributed by atoms with Gasteiger partial charge in [0, 0.05) is 5.54 Å². The van der Waals surface area contributed by atoms with Crippen LogP contribution in [0.5, 0.6) is 0 Å². The van der Waals surface area contributed by atoms with Gasteiger partial charge in [-0.2, -0.15) is 5.26 Å². The van der Waals surface area contributed by atoms with Crippen LogP contribution in [0.3, 0.4) is 0 Å². The number of nitrogens with one attached hydrogen (secondary N) is 1. The van der Waals surface area contributed by atoms with Crippen LogP contribution < -0.4 is 5.32 Å². The first-order chi connectivity index (χ1) is 6.98. The molecule has 1 aromatic carbocycles. The van der Waals surface area contributed by atoms with Crippen molar-refractivity contribution in [3.8, 4) is 6.07 Å². The summed E-state index contributed by atoms with van der Waals surface area (Å²) in [5, 5.41) is 11.7. The van der Waals surface area contributed by atoms with E-state index in [-0.39, 0.29) is 11.4 Å². The molecule has 0 unspecified atom stereocenters. The second-order valence-corrected chi connectivity index (χ2v) is 4.17. The summed E-state index contributed by atoms with van der Waals surface area (Å²) in [7, 11) is 0. The summed E-state index contributed by atoms with van der Waals surface area (Å²) in [4.78, 5) is 0. The molecule has 0 atom stereocenters. The van der Waals surface area contributed by atoms with Gasteiger partial charge >= 0.3 is 0 Å². The van der Waals surface area contributed by atoms with Crippen molar-refractivity contribution in [1.82, 2.24) is 0 Å². The highest BCUT2D eigenvalue weighted by atomic mass is 19.1. The largest absolute Gasteiger partial charge is 0.378 e. The minimum Gasteiger partial charge on any atom is -0.378 e. The molecule has 0 aliphatic heterocycles. The standard InChI is InChI=1S/C12H15FN2/c1-4-12(2,3)15-11-6-5-9(8-14)7-10(11)13/h5-7,15H,4H2,1-3H3. The Morgan fingerprint density at radius 1 is 1.47 bits per heavy atom. The predicted octanol–water partition coefficient (Wildman–Crippen LogP) is 3.30. The molecule has 0 aliphatic rings. The van der Waals surface area contributed by atoms with Crippen LogP contribution in [0.25, 0.3) is 0 Å². The van der Waals surface area contributed by atoms with Gasteiger partial charge in [-0.05, 0) is 38.5 Å². The van der Waals surface area contributed by atoms with Gasteiger partial charge in [0.05, 0.1) is 17.3 Å². The Morgan fingerprint density at radius 2 is 2.13 bits per heavy atom. The topological polar surface area (TPSA) is 35.8 Å². The minimum atomic E-state index is -0.379. The quantitative estimate of drug-likeness (QED) is 0.823. The maximum Gasteiger partial charge on any atom is 0.147 e. The Morgan fingerprint density at radius 3 is 2.60 bits per heavy atom. The SMILES string of the molecule is CCC(C)(C)Nc1ccc(C#N)cc1F. The molecule has 1 rings (SSSR count). The van der Waals surface area contributed by atoms with Crippen LogP contribution in [0.15, 0.2) is 18.2 Å². The third-order valence-electron chi connectivity index (χ3n) is 2.46. The summed E-state index contributed by atoms with van der Waals surface area (Å²) in [6.07, 6.45) is 0.895. The third-order valence-corrected chi connectivity index (χ3v) is 2.46. The number of hydrogen-bond acceptors (Lipinski definition) is 2. The Balaban J connectivity index is 2.93. The summed E-state index contributed by atoms with van der Waals surface area (Å²) in [6, 6.07) is 6.36. The Labute approximate surface area is 89.7 Å².